The van der Waals surface area contributed by atoms with E-state index in [1.54, 1.807) is 0 Å². The van der Waals surface area contributed by atoms with E-state index in [0.29, 0.717) is 18.4 Å². The lowest BCUT2D eigenvalue weighted by Crippen LogP contribution is -2.33. The van der Waals surface area contributed by atoms with Crippen LogP contribution in [-0.2, 0) is 13.6 Å². The average molecular weight is 365 g/mol. The quantitative estimate of drug-likeness (QED) is 0.504. The lowest BCUT2D eigenvalue weighted by molar-refractivity contribution is 0.488. The van der Waals surface area contributed by atoms with Gasteiger partial charge in [0.25, 0.3) is 0 Å². The van der Waals surface area contributed by atoms with E-state index >= 15 is 0 Å². The van der Waals surface area contributed by atoms with Crippen LogP contribution in [-0.4, -0.2) is 34.2 Å². The van der Waals surface area contributed by atoms with E-state index in [2.05, 4.69) is 23.9 Å². The highest BCUT2D eigenvalue weighted by molar-refractivity contribution is 14.0. The lowest BCUT2D eigenvalue weighted by atomic mass is 10.1. The van der Waals surface area contributed by atoms with Gasteiger partial charge in [0.15, 0.2) is 5.96 Å². The van der Waals surface area contributed by atoms with E-state index < -0.39 is 0 Å². The van der Waals surface area contributed by atoms with Crippen LogP contribution >= 0.6 is 24.0 Å². The van der Waals surface area contributed by atoms with Gasteiger partial charge in [-0.25, -0.2) is 0 Å². The molecule has 0 atom stereocenters. The topological polar surface area (TPSA) is 59.4 Å². The van der Waals surface area contributed by atoms with Gasteiger partial charge in [-0.1, -0.05) is 13.8 Å². The Bertz CT molecular complexity index is 397. The molecule has 0 fully saturated rings. The second kappa shape index (κ2) is 7.60. The minimum absolute atomic E-state index is 0. The molecule has 104 valence electrons. The van der Waals surface area contributed by atoms with Gasteiger partial charge in [-0.2, -0.15) is 5.10 Å². The predicted molar refractivity (Wildman–Crippen MR) is 86.3 cm³/mol. The monoisotopic (exact) mass is 365 g/mol. The number of aryl methyl sites for hydroxylation is 1. The molecule has 1 heterocycles. The third kappa shape index (κ3) is 4.47. The second-order valence-corrected chi connectivity index (χ2v) is 4.56. The van der Waals surface area contributed by atoms with E-state index in [4.69, 9.17) is 5.73 Å². The van der Waals surface area contributed by atoms with E-state index in [9.17, 15) is 0 Å². The standard InChI is InChI=1S/C12H23N5.HI/c1-6-14-12(13)16(4)7-10-8-17(5)15-11(10)9(2)3;/h8-9H,6-7H2,1-5H3,(H2,13,14);1H. The maximum atomic E-state index is 5.86. The first-order valence-corrected chi connectivity index (χ1v) is 5.99. The molecule has 6 heteroatoms. The smallest absolute Gasteiger partial charge is 0.191 e. The summed E-state index contributed by atoms with van der Waals surface area (Å²) in [7, 11) is 3.89. The zero-order valence-corrected chi connectivity index (χ0v) is 14.2. The number of guanidine groups is 1. The number of rotatable bonds is 4. The molecule has 0 aliphatic heterocycles. The van der Waals surface area contributed by atoms with Crippen molar-refractivity contribution in [3.63, 3.8) is 0 Å². The van der Waals surface area contributed by atoms with Crippen LogP contribution in [0.5, 0.6) is 0 Å². The largest absolute Gasteiger partial charge is 0.370 e. The third-order valence-corrected chi connectivity index (χ3v) is 2.60. The van der Waals surface area contributed by atoms with E-state index in [1.165, 1.54) is 5.56 Å². The van der Waals surface area contributed by atoms with Crippen LogP contribution in [0.2, 0.25) is 0 Å². The van der Waals surface area contributed by atoms with E-state index in [1.807, 2.05) is 36.8 Å². The van der Waals surface area contributed by atoms with Crippen molar-refractivity contribution in [1.29, 1.82) is 0 Å². The Morgan fingerprint density at radius 2 is 2.17 bits per heavy atom. The van der Waals surface area contributed by atoms with Crippen LogP contribution < -0.4 is 5.73 Å². The van der Waals surface area contributed by atoms with Gasteiger partial charge in [0, 0.05) is 38.9 Å². The highest BCUT2D eigenvalue weighted by atomic mass is 127. The Hall–Kier alpha value is -0.790. The second-order valence-electron chi connectivity index (χ2n) is 4.56. The number of aliphatic imine (C=N–C) groups is 1. The summed E-state index contributed by atoms with van der Waals surface area (Å²) in [6, 6.07) is 0. The summed E-state index contributed by atoms with van der Waals surface area (Å²) in [6.45, 7) is 7.73. The van der Waals surface area contributed by atoms with Crippen molar-refractivity contribution in [1.82, 2.24) is 14.7 Å². The highest BCUT2D eigenvalue weighted by Gasteiger charge is 2.13. The number of nitrogens with two attached hydrogens (primary N) is 1. The van der Waals surface area contributed by atoms with Crippen molar-refractivity contribution in [2.75, 3.05) is 13.6 Å². The molecule has 0 aliphatic rings. The maximum absolute atomic E-state index is 5.86. The SMILES string of the molecule is CCN=C(N)N(C)Cc1cn(C)nc1C(C)C.I. The first kappa shape index (κ1) is 17.2. The number of hydrogen-bond acceptors (Lipinski definition) is 2. The molecule has 1 rings (SSSR count). The van der Waals surface area contributed by atoms with Crippen LogP contribution in [0.1, 0.15) is 37.9 Å². The summed E-state index contributed by atoms with van der Waals surface area (Å²) < 4.78 is 1.85. The molecule has 18 heavy (non-hydrogen) atoms. The summed E-state index contributed by atoms with van der Waals surface area (Å²) in [5.74, 6) is 0.995. The molecule has 0 radical (unpaired) electrons. The molecule has 0 saturated carbocycles. The van der Waals surface area contributed by atoms with Gasteiger partial charge in [0.05, 0.1) is 5.69 Å². The van der Waals surface area contributed by atoms with E-state index in [0.717, 1.165) is 12.2 Å². The van der Waals surface area contributed by atoms with Crippen LogP contribution in [0.25, 0.3) is 0 Å². The Balaban J connectivity index is 0.00000289. The van der Waals surface area contributed by atoms with Gasteiger partial charge >= 0.3 is 0 Å². The van der Waals surface area contributed by atoms with Gasteiger partial charge in [-0.15, -0.1) is 24.0 Å². The lowest BCUT2D eigenvalue weighted by Gasteiger charge is -2.18. The van der Waals surface area contributed by atoms with Gasteiger partial charge in [0.1, 0.15) is 0 Å². The number of aromatic nitrogens is 2. The minimum Gasteiger partial charge on any atom is -0.370 e. The third-order valence-electron chi connectivity index (χ3n) is 2.60. The fourth-order valence-electron chi connectivity index (χ4n) is 1.78. The fourth-order valence-corrected chi connectivity index (χ4v) is 1.78. The van der Waals surface area contributed by atoms with Crippen molar-refractivity contribution >= 4 is 29.9 Å². The number of hydrogen-bond donors (Lipinski definition) is 1. The van der Waals surface area contributed by atoms with Crippen LogP contribution in [0, 0.1) is 0 Å². The van der Waals surface area contributed by atoms with Crippen molar-refractivity contribution < 1.29 is 0 Å². The molecular weight excluding hydrogens is 341 g/mol. The van der Waals surface area contributed by atoms with Crippen LogP contribution in [0.4, 0.5) is 0 Å². The molecular formula is C12H24IN5. The molecule has 0 amide bonds. The molecule has 0 saturated heterocycles. The zero-order chi connectivity index (χ0) is 13.0. The van der Waals surface area contributed by atoms with Crippen LogP contribution in [0.15, 0.2) is 11.2 Å². The Morgan fingerprint density at radius 3 is 2.67 bits per heavy atom. The van der Waals surface area contributed by atoms with Crippen molar-refractivity contribution in [2.45, 2.75) is 33.2 Å². The molecule has 5 nitrogen and oxygen atoms in total. The molecule has 1 aromatic rings. The molecule has 0 bridgehead atoms. The Morgan fingerprint density at radius 1 is 1.56 bits per heavy atom. The molecule has 0 spiro atoms. The average Bonchev–Trinajstić information content (AvgIpc) is 2.60. The summed E-state index contributed by atoms with van der Waals surface area (Å²) in [6.07, 6.45) is 2.05. The van der Waals surface area contributed by atoms with Crippen molar-refractivity contribution in [2.24, 2.45) is 17.8 Å². The van der Waals surface area contributed by atoms with Gasteiger partial charge in [0.2, 0.25) is 0 Å². The summed E-state index contributed by atoms with van der Waals surface area (Å²) in [5.41, 5.74) is 8.19. The van der Waals surface area contributed by atoms with Gasteiger partial charge < -0.3 is 10.6 Å². The Labute approximate surface area is 126 Å². The minimum atomic E-state index is 0. The molecule has 0 aliphatic carbocycles. The van der Waals surface area contributed by atoms with Crippen LogP contribution in [0.3, 0.4) is 0 Å². The number of halogens is 1. The summed E-state index contributed by atoms with van der Waals surface area (Å²) in [5, 5.41) is 4.48. The fraction of sp³-hybridized carbons (Fsp3) is 0.667. The van der Waals surface area contributed by atoms with Gasteiger partial charge in [-0.3, -0.25) is 9.67 Å². The normalized spacial score (nSPS) is 11.6. The molecule has 2 N–H and O–H groups in total. The van der Waals surface area contributed by atoms with E-state index in [-0.39, 0.29) is 24.0 Å². The Kier molecular flexibility index (Phi) is 7.27. The van der Waals surface area contributed by atoms with Crippen molar-refractivity contribution in [3.8, 4) is 0 Å². The zero-order valence-electron chi connectivity index (χ0n) is 11.8. The van der Waals surface area contributed by atoms with Crippen molar-refractivity contribution in [3.05, 3.63) is 17.5 Å². The first-order valence-electron chi connectivity index (χ1n) is 5.99. The summed E-state index contributed by atoms with van der Waals surface area (Å²) >= 11 is 0. The predicted octanol–water partition coefficient (Wildman–Crippen LogP) is 1.93. The molecule has 1 aromatic heterocycles. The summed E-state index contributed by atoms with van der Waals surface area (Å²) in [4.78, 5) is 6.15. The first-order chi connectivity index (χ1) is 7.95. The highest BCUT2D eigenvalue weighted by Crippen LogP contribution is 2.18. The molecule has 0 unspecified atom stereocenters. The maximum Gasteiger partial charge on any atom is 0.191 e. The van der Waals surface area contributed by atoms with Gasteiger partial charge in [-0.05, 0) is 12.8 Å². The molecule has 0 aromatic carbocycles. The number of nitrogens with zero attached hydrogens (tertiary/aromatic N) is 4.